The van der Waals surface area contributed by atoms with E-state index in [2.05, 4.69) is 6.92 Å². The van der Waals surface area contributed by atoms with Gasteiger partial charge < -0.3 is 10.5 Å². The Morgan fingerprint density at radius 3 is 2.44 bits per heavy atom. The molecule has 0 aromatic carbocycles. The van der Waals surface area contributed by atoms with E-state index in [1.165, 1.54) is 19.3 Å². The molecule has 0 aromatic heterocycles. The molecule has 2 N–H and O–H groups in total. The van der Waals surface area contributed by atoms with Crippen molar-refractivity contribution in [2.75, 3.05) is 13.2 Å². The Labute approximate surface area is 99.7 Å². The number of carbonyl (C=O) groups excluding carboxylic acids is 1. The number of carbonyl (C=O) groups is 1. The van der Waals surface area contributed by atoms with Crippen LogP contribution in [0.25, 0.3) is 0 Å². The lowest BCUT2D eigenvalue weighted by molar-refractivity contribution is -0.154. The summed E-state index contributed by atoms with van der Waals surface area (Å²) in [5, 5.41) is 0. The van der Waals surface area contributed by atoms with E-state index in [0.29, 0.717) is 13.2 Å². The fourth-order valence-electron chi connectivity index (χ4n) is 1.54. The highest BCUT2D eigenvalue weighted by molar-refractivity contribution is 5.75. The highest BCUT2D eigenvalue weighted by Gasteiger charge is 2.28. The summed E-state index contributed by atoms with van der Waals surface area (Å²) in [6.45, 7) is 7.14. The van der Waals surface area contributed by atoms with Crippen LogP contribution >= 0.6 is 0 Å². The van der Waals surface area contributed by atoms with E-state index in [1.807, 2.05) is 13.8 Å². The number of hydrogen-bond acceptors (Lipinski definition) is 3. The van der Waals surface area contributed by atoms with Gasteiger partial charge >= 0.3 is 5.97 Å². The molecule has 0 fully saturated rings. The third-order valence-corrected chi connectivity index (χ3v) is 2.79. The van der Waals surface area contributed by atoms with Gasteiger partial charge in [0.1, 0.15) is 0 Å². The Morgan fingerprint density at radius 2 is 1.88 bits per heavy atom. The Balaban J connectivity index is 3.77. The lowest BCUT2D eigenvalue weighted by Gasteiger charge is -2.22. The van der Waals surface area contributed by atoms with Gasteiger partial charge in [-0.25, -0.2) is 0 Å². The average Bonchev–Trinajstić information content (AvgIpc) is 2.24. The second kappa shape index (κ2) is 8.57. The highest BCUT2D eigenvalue weighted by Crippen LogP contribution is 2.25. The lowest BCUT2D eigenvalue weighted by atomic mass is 9.87. The van der Waals surface area contributed by atoms with Gasteiger partial charge in [0.15, 0.2) is 0 Å². The van der Waals surface area contributed by atoms with Crippen LogP contribution in [0.1, 0.15) is 59.3 Å². The predicted octanol–water partition coefficient (Wildman–Crippen LogP) is 2.88. The van der Waals surface area contributed by atoms with E-state index in [-0.39, 0.29) is 11.4 Å². The third kappa shape index (κ3) is 6.83. The number of esters is 1. The van der Waals surface area contributed by atoms with Crippen molar-refractivity contribution in [1.82, 2.24) is 0 Å². The Kier molecular flexibility index (Phi) is 8.26. The molecule has 0 radical (unpaired) electrons. The molecule has 0 saturated carbocycles. The Morgan fingerprint density at radius 1 is 1.19 bits per heavy atom. The first-order valence-electron chi connectivity index (χ1n) is 6.42. The summed E-state index contributed by atoms with van der Waals surface area (Å²) in [5.74, 6) is -0.0857. The fourth-order valence-corrected chi connectivity index (χ4v) is 1.54. The molecule has 3 nitrogen and oxygen atoms in total. The highest BCUT2D eigenvalue weighted by atomic mass is 16.5. The van der Waals surface area contributed by atoms with Crippen molar-refractivity contribution >= 4 is 5.97 Å². The molecule has 16 heavy (non-hydrogen) atoms. The maximum Gasteiger partial charge on any atom is 0.311 e. The SMILES string of the molecule is CCCCCCC(C)(C)C(=O)OCCCN. The van der Waals surface area contributed by atoms with Crippen LogP contribution in [0.3, 0.4) is 0 Å². The molecule has 0 saturated heterocycles. The molecule has 0 aromatic rings. The fraction of sp³-hybridized carbons (Fsp3) is 0.923. The van der Waals surface area contributed by atoms with Crippen LogP contribution in [0.15, 0.2) is 0 Å². The molecular formula is C13H27NO2. The van der Waals surface area contributed by atoms with E-state index in [0.717, 1.165) is 19.3 Å². The van der Waals surface area contributed by atoms with Gasteiger partial charge in [-0.2, -0.15) is 0 Å². The summed E-state index contributed by atoms with van der Waals surface area (Å²) >= 11 is 0. The normalized spacial score (nSPS) is 11.5. The molecule has 0 aliphatic rings. The van der Waals surface area contributed by atoms with Gasteiger partial charge in [0.25, 0.3) is 0 Å². The van der Waals surface area contributed by atoms with Gasteiger partial charge in [-0.15, -0.1) is 0 Å². The first-order valence-corrected chi connectivity index (χ1v) is 6.42. The molecule has 96 valence electrons. The van der Waals surface area contributed by atoms with Crippen molar-refractivity contribution in [1.29, 1.82) is 0 Å². The quantitative estimate of drug-likeness (QED) is 0.488. The number of nitrogens with two attached hydrogens (primary N) is 1. The summed E-state index contributed by atoms with van der Waals surface area (Å²) in [5.41, 5.74) is 5.00. The standard InChI is InChI=1S/C13H27NO2/c1-4-5-6-7-9-13(2,3)12(15)16-11-8-10-14/h4-11,14H2,1-3H3. The summed E-state index contributed by atoms with van der Waals surface area (Å²) in [6.07, 6.45) is 6.44. The number of rotatable bonds is 9. The second-order valence-electron chi connectivity index (χ2n) is 4.97. The first-order chi connectivity index (χ1) is 7.54. The van der Waals surface area contributed by atoms with Crippen molar-refractivity contribution in [2.45, 2.75) is 59.3 Å². The minimum absolute atomic E-state index is 0.0857. The topological polar surface area (TPSA) is 52.3 Å². The molecule has 0 aliphatic heterocycles. The van der Waals surface area contributed by atoms with Gasteiger partial charge in [0.2, 0.25) is 0 Å². The van der Waals surface area contributed by atoms with Gasteiger partial charge in [-0.1, -0.05) is 32.6 Å². The van der Waals surface area contributed by atoms with E-state index in [1.54, 1.807) is 0 Å². The maximum absolute atomic E-state index is 11.7. The molecule has 0 rings (SSSR count). The van der Waals surface area contributed by atoms with Gasteiger partial charge in [-0.05, 0) is 33.2 Å². The summed E-state index contributed by atoms with van der Waals surface area (Å²) < 4.78 is 5.19. The zero-order chi connectivity index (χ0) is 12.4. The molecule has 3 heteroatoms. The van der Waals surface area contributed by atoms with Crippen LogP contribution in [0.5, 0.6) is 0 Å². The second-order valence-corrected chi connectivity index (χ2v) is 4.97. The van der Waals surface area contributed by atoms with Crippen LogP contribution in [0, 0.1) is 5.41 Å². The maximum atomic E-state index is 11.7. The molecule has 0 heterocycles. The van der Waals surface area contributed by atoms with Gasteiger partial charge in [0, 0.05) is 0 Å². The van der Waals surface area contributed by atoms with Crippen LogP contribution < -0.4 is 5.73 Å². The minimum atomic E-state index is -0.345. The van der Waals surface area contributed by atoms with Gasteiger partial charge in [-0.3, -0.25) is 4.79 Å². The monoisotopic (exact) mass is 229 g/mol. The van der Waals surface area contributed by atoms with Crippen molar-refractivity contribution in [3.8, 4) is 0 Å². The number of unbranched alkanes of at least 4 members (excludes halogenated alkanes) is 3. The molecule has 0 amide bonds. The van der Waals surface area contributed by atoms with E-state index in [9.17, 15) is 4.79 Å². The van der Waals surface area contributed by atoms with Crippen LogP contribution in [-0.4, -0.2) is 19.1 Å². The van der Waals surface area contributed by atoms with Crippen molar-refractivity contribution in [2.24, 2.45) is 11.1 Å². The number of ether oxygens (including phenoxy) is 1. The van der Waals surface area contributed by atoms with E-state index < -0.39 is 0 Å². The summed E-state index contributed by atoms with van der Waals surface area (Å²) in [6, 6.07) is 0. The smallest absolute Gasteiger partial charge is 0.311 e. The van der Waals surface area contributed by atoms with Crippen molar-refractivity contribution < 1.29 is 9.53 Å². The van der Waals surface area contributed by atoms with E-state index >= 15 is 0 Å². The van der Waals surface area contributed by atoms with Crippen molar-refractivity contribution in [3.63, 3.8) is 0 Å². The molecule has 0 aliphatic carbocycles. The summed E-state index contributed by atoms with van der Waals surface area (Å²) in [4.78, 5) is 11.7. The predicted molar refractivity (Wildman–Crippen MR) is 67.2 cm³/mol. The van der Waals surface area contributed by atoms with E-state index in [4.69, 9.17) is 10.5 Å². The third-order valence-electron chi connectivity index (χ3n) is 2.79. The minimum Gasteiger partial charge on any atom is -0.465 e. The number of hydrogen-bond donors (Lipinski definition) is 1. The average molecular weight is 229 g/mol. The van der Waals surface area contributed by atoms with Gasteiger partial charge in [0.05, 0.1) is 12.0 Å². The lowest BCUT2D eigenvalue weighted by Crippen LogP contribution is -2.27. The molecule has 0 atom stereocenters. The van der Waals surface area contributed by atoms with Crippen molar-refractivity contribution in [3.05, 3.63) is 0 Å². The summed E-state index contributed by atoms with van der Waals surface area (Å²) in [7, 11) is 0. The first kappa shape index (κ1) is 15.4. The zero-order valence-electron chi connectivity index (χ0n) is 11.1. The molecular weight excluding hydrogens is 202 g/mol. The van der Waals surface area contributed by atoms with Crippen LogP contribution in [-0.2, 0) is 9.53 Å². The van der Waals surface area contributed by atoms with Crippen LogP contribution in [0.4, 0.5) is 0 Å². The molecule has 0 bridgehead atoms. The molecule has 0 spiro atoms. The molecule has 0 unspecified atom stereocenters. The Hall–Kier alpha value is -0.570. The Bertz CT molecular complexity index is 190. The largest absolute Gasteiger partial charge is 0.465 e. The van der Waals surface area contributed by atoms with Crippen LogP contribution in [0.2, 0.25) is 0 Å². The zero-order valence-corrected chi connectivity index (χ0v) is 11.1.